The van der Waals surface area contributed by atoms with Crippen molar-refractivity contribution in [1.29, 1.82) is 0 Å². The highest BCUT2D eigenvalue weighted by atomic mass is 16.5. The lowest BCUT2D eigenvalue weighted by Crippen LogP contribution is -2.31. The van der Waals surface area contributed by atoms with Crippen LogP contribution in [0.3, 0.4) is 0 Å². The third kappa shape index (κ3) is 3.72. The summed E-state index contributed by atoms with van der Waals surface area (Å²) in [6, 6.07) is 2.92. The van der Waals surface area contributed by atoms with Crippen LogP contribution in [0.4, 0.5) is 0 Å². The van der Waals surface area contributed by atoms with E-state index in [1.54, 1.807) is 13.1 Å². The van der Waals surface area contributed by atoms with Gasteiger partial charge in [0, 0.05) is 30.7 Å². The second-order valence-electron chi connectivity index (χ2n) is 5.41. The van der Waals surface area contributed by atoms with E-state index in [-0.39, 0.29) is 30.4 Å². The van der Waals surface area contributed by atoms with Crippen molar-refractivity contribution in [3.63, 3.8) is 0 Å². The number of aromatic amines is 2. The van der Waals surface area contributed by atoms with Gasteiger partial charge >= 0.3 is 0 Å². The summed E-state index contributed by atoms with van der Waals surface area (Å²) in [4.78, 5) is 36.3. The monoisotopic (exact) mass is 306 g/mol. The number of likely N-dealkylation sites (N-methyl/N-ethyl adjacent to an activating group) is 1. The predicted octanol–water partition coefficient (Wildman–Crippen LogP) is 0.376. The van der Waals surface area contributed by atoms with Crippen LogP contribution in [0, 0.1) is 0 Å². The van der Waals surface area contributed by atoms with Gasteiger partial charge in [0.2, 0.25) is 5.91 Å². The van der Waals surface area contributed by atoms with Crippen LogP contribution in [0.15, 0.2) is 26.2 Å². The van der Waals surface area contributed by atoms with Crippen LogP contribution in [0.5, 0.6) is 0 Å². The zero-order chi connectivity index (χ0) is 16.3. The van der Waals surface area contributed by atoms with E-state index >= 15 is 0 Å². The Morgan fingerprint density at radius 1 is 1.32 bits per heavy atom. The molecular formula is C14H18N4O4. The van der Waals surface area contributed by atoms with Crippen molar-refractivity contribution in [2.24, 2.45) is 0 Å². The summed E-state index contributed by atoms with van der Waals surface area (Å²) in [5.74, 6) is 0.684. The van der Waals surface area contributed by atoms with Gasteiger partial charge in [0.15, 0.2) is 0 Å². The van der Waals surface area contributed by atoms with Gasteiger partial charge in [-0.3, -0.25) is 24.6 Å². The number of nitrogens with zero attached hydrogens (tertiary/aromatic N) is 2. The lowest BCUT2D eigenvalue weighted by Gasteiger charge is -2.15. The number of nitrogens with one attached hydrogen (secondary N) is 2. The van der Waals surface area contributed by atoms with E-state index in [0.29, 0.717) is 5.69 Å². The van der Waals surface area contributed by atoms with Gasteiger partial charge in [-0.2, -0.15) is 0 Å². The molecule has 0 saturated carbocycles. The molecule has 2 aromatic rings. The van der Waals surface area contributed by atoms with E-state index in [4.69, 9.17) is 4.52 Å². The number of carbonyl (C=O) groups is 1. The minimum absolute atomic E-state index is 0.128. The average molecular weight is 306 g/mol. The molecule has 8 heteroatoms. The first kappa shape index (κ1) is 15.7. The Bertz CT molecular complexity index is 771. The van der Waals surface area contributed by atoms with Crippen molar-refractivity contribution in [3.05, 3.63) is 49.9 Å². The summed E-state index contributed by atoms with van der Waals surface area (Å²) in [5, 5.41) is 8.25. The summed E-state index contributed by atoms with van der Waals surface area (Å²) >= 11 is 0. The SMILES string of the molecule is CC(C)c1cc(CN(C)C(=O)Cc2cc(=O)[nH][nH]c2=O)no1. The Hall–Kier alpha value is -2.64. The standard InChI is InChI=1S/C14H18N4O4/c1-8(2)11-6-10(17-22-11)7-18(3)13(20)5-9-4-12(19)15-16-14(9)21/h4,6,8H,5,7H2,1-3H3,(H,15,19)(H,16,21). The first-order valence-electron chi connectivity index (χ1n) is 6.87. The molecule has 0 spiro atoms. The molecule has 8 nitrogen and oxygen atoms in total. The Morgan fingerprint density at radius 3 is 2.68 bits per heavy atom. The molecule has 22 heavy (non-hydrogen) atoms. The first-order valence-corrected chi connectivity index (χ1v) is 6.87. The van der Waals surface area contributed by atoms with Gasteiger partial charge in [0.25, 0.3) is 11.1 Å². The third-order valence-corrected chi connectivity index (χ3v) is 3.21. The fourth-order valence-corrected chi connectivity index (χ4v) is 1.89. The highest BCUT2D eigenvalue weighted by Gasteiger charge is 2.15. The first-order chi connectivity index (χ1) is 10.4. The van der Waals surface area contributed by atoms with Crippen LogP contribution < -0.4 is 11.1 Å². The van der Waals surface area contributed by atoms with E-state index in [1.807, 2.05) is 13.8 Å². The molecule has 0 saturated heterocycles. The van der Waals surface area contributed by atoms with Crippen molar-refractivity contribution in [1.82, 2.24) is 20.3 Å². The van der Waals surface area contributed by atoms with Gasteiger partial charge in [-0.1, -0.05) is 19.0 Å². The Labute approximate surface area is 126 Å². The van der Waals surface area contributed by atoms with Crippen molar-refractivity contribution in [2.75, 3.05) is 7.05 Å². The molecule has 2 heterocycles. The maximum Gasteiger partial charge on any atom is 0.266 e. The molecule has 2 N–H and O–H groups in total. The van der Waals surface area contributed by atoms with E-state index in [1.165, 1.54) is 4.90 Å². The highest BCUT2D eigenvalue weighted by molar-refractivity contribution is 5.78. The fraction of sp³-hybridized carbons (Fsp3) is 0.429. The van der Waals surface area contributed by atoms with Gasteiger partial charge in [-0.25, -0.2) is 0 Å². The molecule has 0 radical (unpaired) electrons. The number of hydrogen-bond donors (Lipinski definition) is 2. The van der Waals surface area contributed by atoms with Gasteiger partial charge < -0.3 is 9.42 Å². The number of aromatic nitrogens is 3. The number of hydrogen-bond acceptors (Lipinski definition) is 5. The Kier molecular flexibility index (Phi) is 4.59. The molecule has 0 aliphatic rings. The number of H-pyrrole nitrogens is 2. The zero-order valence-corrected chi connectivity index (χ0v) is 12.7. The van der Waals surface area contributed by atoms with Crippen molar-refractivity contribution in [3.8, 4) is 0 Å². The highest BCUT2D eigenvalue weighted by Crippen LogP contribution is 2.15. The molecule has 0 fully saturated rings. The fourth-order valence-electron chi connectivity index (χ4n) is 1.89. The summed E-state index contributed by atoms with van der Waals surface area (Å²) < 4.78 is 5.17. The normalized spacial score (nSPS) is 10.9. The van der Waals surface area contributed by atoms with E-state index in [0.717, 1.165) is 11.8 Å². The molecule has 2 aromatic heterocycles. The van der Waals surface area contributed by atoms with Gasteiger partial charge in [-0.15, -0.1) is 0 Å². The van der Waals surface area contributed by atoms with Crippen LogP contribution in [0.25, 0.3) is 0 Å². The Morgan fingerprint density at radius 2 is 2.05 bits per heavy atom. The van der Waals surface area contributed by atoms with Gasteiger partial charge in [0.1, 0.15) is 11.5 Å². The molecule has 2 rings (SSSR count). The minimum Gasteiger partial charge on any atom is -0.361 e. The Balaban J connectivity index is 2.04. The summed E-state index contributed by atoms with van der Waals surface area (Å²) in [6.45, 7) is 4.24. The quantitative estimate of drug-likeness (QED) is 0.829. The van der Waals surface area contributed by atoms with Crippen LogP contribution in [-0.2, 0) is 17.8 Å². The topological polar surface area (TPSA) is 112 Å². The number of rotatable bonds is 5. The van der Waals surface area contributed by atoms with Gasteiger partial charge in [0.05, 0.1) is 13.0 Å². The van der Waals surface area contributed by atoms with Crippen molar-refractivity contribution >= 4 is 5.91 Å². The minimum atomic E-state index is -0.482. The summed E-state index contributed by atoms with van der Waals surface area (Å²) in [5.41, 5.74) is -0.170. The zero-order valence-electron chi connectivity index (χ0n) is 12.7. The molecule has 1 amide bonds. The van der Waals surface area contributed by atoms with Gasteiger partial charge in [-0.05, 0) is 0 Å². The number of amides is 1. The largest absolute Gasteiger partial charge is 0.361 e. The summed E-state index contributed by atoms with van der Waals surface area (Å²) in [6.07, 6.45) is -0.148. The lowest BCUT2D eigenvalue weighted by atomic mass is 10.1. The maximum atomic E-state index is 12.1. The molecule has 0 atom stereocenters. The van der Waals surface area contributed by atoms with E-state index in [2.05, 4.69) is 15.4 Å². The third-order valence-electron chi connectivity index (χ3n) is 3.21. The summed E-state index contributed by atoms with van der Waals surface area (Å²) in [7, 11) is 1.60. The molecule has 0 aliphatic carbocycles. The predicted molar refractivity (Wildman–Crippen MR) is 78.5 cm³/mol. The van der Waals surface area contributed by atoms with Crippen molar-refractivity contribution in [2.45, 2.75) is 32.7 Å². The number of carbonyl (C=O) groups excluding carboxylic acids is 1. The molecule has 0 unspecified atom stereocenters. The molecule has 118 valence electrons. The molecule has 0 bridgehead atoms. The molecule has 0 aromatic carbocycles. The van der Waals surface area contributed by atoms with Crippen LogP contribution in [-0.4, -0.2) is 33.2 Å². The molecule has 0 aliphatic heterocycles. The van der Waals surface area contributed by atoms with E-state index in [9.17, 15) is 14.4 Å². The van der Waals surface area contributed by atoms with Crippen LogP contribution in [0.1, 0.15) is 36.8 Å². The second-order valence-corrected chi connectivity index (χ2v) is 5.41. The maximum absolute atomic E-state index is 12.1. The lowest BCUT2D eigenvalue weighted by molar-refractivity contribution is -0.129. The molecular weight excluding hydrogens is 288 g/mol. The smallest absolute Gasteiger partial charge is 0.266 e. The van der Waals surface area contributed by atoms with Crippen molar-refractivity contribution < 1.29 is 9.32 Å². The van der Waals surface area contributed by atoms with Crippen LogP contribution in [0.2, 0.25) is 0 Å². The van der Waals surface area contributed by atoms with E-state index < -0.39 is 11.1 Å². The average Bonchev–Trinajstić information content (AvgIpc) is 2.91. The van der Waals surface area contributed by atoms with Crippen LogP contribution >= 0.6 is 0 Å². The second kappa shape index (κ2) is 6.42.